The molecule has 2 aliphatic carbocycles. The zero-order valence-corrected chi connectivity index (χ0v) is 16.3. The van der Waals surface area contributed by atoms with Gasteiger partial charge in [-0.3, -0.25) is 0 Å². The van der Waals surface area contributed by atoms with Crippen LogP contribution < -0.4 is 0 Å². The van der Waals surface area contributed by atoms with Crippen LogP contribution in [0.1, 0.15) is 62.3 Å². The van der Waals surface area contributed by atoms with Gasteiger partial charge in [0.15, 0.2) is 9.84 Å². The van der Waals surface area contributed by atoms with E-state index in [1.54, 1.807) is 0 Å². The first kappa shape index (κ1) is 17.4. The third-order valence-corrected chi connectivity index (χ3v) is 8.70. The Morgan fingerprint density at radius 3 is 2.44 bits per heavy atom. The normalized spacial score (nSPS) is 25.9. The molecule has 27 heavy (non-hydrogen) atoms. The summed E-state index contributed by atoms with van der Waals surface area (Å²) in [4.78, 5) is 4.63. The minimum atomic E-state index is -3.10. The molecule has 1 spiro atoms. The van der Waals surface area contributed by atoms with Crippen LogP contribution in [0.5, 0.6) is 0 Å². The average molecular weight is 388 g/mol. The fourth-order valence-electron chi connectivity index (χ4n) is 4.59. The number of benzene rings is 1. The van der Waals surface area contributed by atoms with Gasteiger partial charge in [0.25, 0.3) is 0 Å². The van der Waals surface area contributed by atoms with E-state index >= 15 is 0 Å². The van der Waals surface area contributed by atoms with E-state index in [4.69, 9.17) is 9.26 Å². The number of rotatable bonds is 4. The van der Waals surface area contributed by atoms with E-state index in [1.807, 2.05) is 24.3 Å². The highest BCUT2D eigenvalue weighted by molar-refractivity contribution is 7.92. The summed E-state index contributed by atoms with van der Waals surface area (Å²) in [5.74, 6) is 1.52. The van der Waals surface area contributed by atoms with Crippen LogP contribution in [-0.2, 0) is 19.3 Å². The first-order valence-electron chi connectivity index (χ1n) is 9.69. The lowest BCUT2D eigenvalue weighted by Crippen LogP contribution is -2.44. The highest BCUT2D eigenvalue weighted by atomic mass is 32.2. The topological polar surface area (TPSA) is 82.3 Å². The molecule has 2 aromatic rings. The number of aromatic nitrogens is 2. The molecule has 1 aromatic carbocycles. The summed E-state index contributed by atoms with van der Waals surface area (Å²) in [6.45, 7) is 0.755. The van der Waals surface area contributed by atoms with Crippen LogP contribution in [0.25, 0.3) is 11.4 Å². The van der Waals surface area contributed by atoms with E-state index in [-0.39, 0.29) is 11.5 Å². The van der Waals surface area contributed by atoms with E-state index in [2.05, 4.69) is 10.1 Å². The Kier molecular flexibility index (Phi) is 3.78. The molecule has 1 saturated heterocycles. The van der Waals surface area contributed by atoms with Gasteiger partial charge in [-0.05, 0) is 50.5 Å². The fraction of sp³-hybridized carbons (Fsp3) is 0.600. The lowest BCUT2D eigenvalue weighted by Gasteiger charge is -2.46. The van der Waals surface area contributed by atoms with E-state index in [0.29, 0.717) is 24.6 Å². The average Bonchev–Trinajstić information content (AvgIpc) is 3.32. The van der Waals surface area contributed by atoms with Crippen molar-refractivity contribution in [3.63, 3.8) is 0 Å². The van der Waals surface area contributed by atoms with Crippen LogP contribution in [0.2, 0.25) is 0 Å². The second kappa shape index (κ2) is 5.88. The standard InChI is InChI=1S/C20H24N2O4S/c1-27(23,24)20(10-11-20)16-5-3-14(4-6-16)17-21-18(26-22-17)15-7-12-25-19(13-15)8-2-9-19/h3-6,15H,2,7-13H2,1H3. The van der Waals surface area contributed by atoms with Crippen LogP contribution in [0.4, 0.5) is 0 Å². The maximum absolute atomic E-state index is 12.1. The maximum atomic E-state index is 12.1. The Hall–Kier alpha value is -1.73. The van der Waals surface area contributed by atoms with Gasteiger partial charge in [-0.15, -0.1) is 0 Å². The first-order valence-corrected chi connectivity index (χ1v) is 11.6. The number of hydrogen-bond acceptors (Lipinski definition) is 6. The van der Waals surface area contributed by atoms with Crippen molar-refractivity contribution in [3.05, 3.63) is 35.7 Å². The van der Waals surface area contributed by atoms with Gasteiger partial charge >= 0.3 is 0 Å². The van der Waals surface area contributed by atoms with Crippen LogP contribution in [0.15, 0.2) is 28.8 Å². The van der Waals surface area contributed by atoms with Crippen LogP contribution in [0.3, 0.4) is 0 Å². The number of sulfone groups is 1. The van der Waals surface area contributed by atoms with Gasteiger partial charge in [-0.1, -0.05) is 29.4 Å². The molecule has 0 bridgehead atoms. The summed E-state index contributed by atoms with van der Waals surface area (Å²) >= 11 is 0. The zero-order chi connectivity index (χ0) is 18.7. The van der Waals surface area contributed by atoms with Crippen molar-refractivity contribution in [1.29, 1.82) is 0 Å². The Morgan fingerprint density at radius 1 is 1.11 bits per heavy atom. The molecule has 2 heterocycles. The third-order valence-electron chi connectivity index (χ3n) is 6.63. The number of nitrogens with zero attached hydrogens (tertiary/aromatic N) is 2. The Morgan fingerprint density at radius 2 is 1.85 bits per heavy atom. The van der Waals surface area contributed by atoms with Crippen molar-refractivity contribution in [1.82, 2.24) is 10.1 Å². The SMILES string of the molecule is CS(=O)(=O)C1(c2ccc(-c3noc(C4CCOC5(CCC5)C4)n3)cc2)CC1. The molecule has 1 unspecified atom stereocenters. The second-order valence-electron chi connectivity index (χ2n) is 8.37. The molecule has 0 radical (unpaired) electrons. The molecule has 1 aliphatic heterocycles. The summed E-state index contributed by atoms with van der Waals surface area (Å²) in [5, 5.41) is 4.16. The summed E-state index contributed by atoms with van der Waals surface area (Å²) in [6.07, 6.45) is 8.10. The summed E-state index contributed by atoms with van der Waals surface area (Å²) < 4.78 is 35.0. The molecular formula is C20H24N2O4S. The molecule has 5 rings (SSSR count). The zero-order valence-electron chi connectivity index (χ0n) is 15.5. The molecule has 6 nitrogen and oxygen atoms in total. The minimum absolute atomic E-state index is 0.0451. The van der Waals surface area contributed by atoms with Gasteiger partial charge < -0.3 is 9.26 Å². The summed E-state index contributed by atoms with van der Waals surface area (Å²) in [7, 11) is -3.10. The summed E-state index contributed by atoms with van der Waals surface area (Å²) in [6, 6.07) is 7.56. The molecule has 7 heteroatoms. The van der Waals surface area contributed by atoms with Gasteiger partial charge in [-0.2, -0.15) is 4.98 Å². The smallest absolute Gasteiger partial charge is 0.230 e. The van der Waals surface area contributed by atoms with Crippen molar-refractivity contribution >= 4 is 9.84 Å². The first-order chi connectivity index (χ1) is 12.9. The molecule has 3 aliphatic rings. The second-order valence-corrected chi connectivity index (χ2v) is 10.7. The monoisotopic (exact) mass is 388 g/mol. The summed E-state index contributed by atoms with van der Waals surface area (Å²) in [5.41, 5.74) is 1.75. The van der Waals surface area contributed by atoms with Gasteiger partial charge in [-0.25, -0.2) is 8.42 Å². The van der Waals surface area contributed by atoms with Gasteiger partial charge in [0, 0.05) is 24.3 Å². The molecule has 0 N–H and O–H groups in total. The quantitative estimate of drug-likeness (QED) is 0.796. The van der Waals surface area contributed by atoms with Crippen molar-refractivity contribution in [2.24, 2.45) is 0 Å². The Bertz CT molecular complexity index is 956. The Labute approximate surface area is 159 Å². The number of hydrogen-bond donors (Lipinski definition) is 0. The molecule has 2 saturated carbocycles. The van der Waals surface area contributed by atoms with Gasteiger partial charge in [0.2, 0.25) is 11.7 Å². The van der Waals surface area contributed by atoms with Crippen molar-refractivity contribution in [2.45, 2.75) is 61.2 Å². The van der Waals surface area contributed by atoms with Crippen LogP contribution in [-0.4, -0.2) is 37.0 Å². The van der Waals surface area contributed by atoms with Crippen LogP contribution >= 0.6 is 0 Å². The fourth-order valence-corrected chi connectivity index (χ4v) is 5.99. The van der Waals surface area contributed by atoms with E-state index in [0.717, 1.165) is 43.4 Å². The number of ether oxygens (including phenoxy) is 1. The van der Waals surface area contributed by atoms with Crippen molar-refractivity contribution in [3.8, 4) is 11.4 Å². The largest absolute Gasteiger partial charge is 0.375 e. The minimum Gasteiger partial charge on any atom is -0.375 e. The molecule has 1 atom stereocenters. The molecule has 144 valence electrons. The molecular weight excluding hydrogens is 364 g/mol. The van der Waals surface area contributed by atoms with Crippen molar-refractivity contribution < 1.29 is 17.7 Å². The molecule has 3 fully saturated rings. The van der Waals surface area contributed by atoms with Crippen molar-refractivity contribution in [2.75, 3.05) is 12.9 Å². The predicted octanol–water partition coefficient (Wildman–Crippen LogP) is 3.59. The lowest BCUT2D eigenvalue weighted by molar-refractivity contribution is -0.135. The highest BCUT2D eigenvalue weighted by Gasteiger charge is 2.53. The highest BCUT2D eigenvalue weighted by Crippen LogP contribution is 2.52. The third kappa shape index (κ3) is 2.83. The van der Waals surface area contributed by atoms with Gasteiger partial charge in [0.05, 0.1) is 10.3 Å². The van der Waals surface area contributed by atoms with E-state index < -0.39 is 14.6 Å². The van der Waals surface area contributed by atoms with E-state index in [1.165, 1.54) is 12.7 Å². The van der Waals surface area contributed by atoms with E-state index in [9.17, 15) is 8.42 Å². The maximum Gasteiger partial charge on any atom is 0.230 e. The Balaban J connectivity index is 1.36. The molecule has 1 aromatic heterocycles. The van der Waals surface area contributed by atoms with Crippen LogP contribution in [0, 0.1) is 0 Å². The van der Waals surface area contributed by atoms with Gasteiger partial charge in [0.1, 0.15) is 0 Å². The lowest BCUT2D eigenvalue weighted by atomic mass is 9.72. The predicted molar refractivity (Wildman–Crippen MR) is 100.0 cm³/mol. The molecule has 0 amide bonds.